The summed E-state index contributed by atoms with van der Waals surface area (Å²) in [5.74, 6) is -0.193. The van der Waals surface area contributed by atoms with Gasteiger partial charge >= 0.3 is 0 Å². The van der Waals surface area contributed by atoms with E-state index >= 15 is 0 Å². The van der Waals surface area contributed by atoms with Gasteiger partial charge in [-0.2, -0.15) is 0 Å². The second-order valence-electron chi connectivity index (χ2n) is 5.58. The first-order valence-electron chi connectivity index (χ1n) is 6.48. The Bertz CT molecular complexity index is 439. The molecule has 1 unspecified atom stereocenters. The monoisotopic (exact) mass is 284 g/mol. The lowest BCUT2D eigenvalue weighted by Gasteiger charge is -2.21. The number of hydrogen-bond donors (Lipinski definition) is 2. The number of nitrogens with one attached hydrogen (secondary N) is 1. The molecule has 19 heavy (non-hydrogen) atoms. The summed E-state index contributed by atoms with van der Waals surface area (Å²) in [5.41, 5.74) is 0.118. The van der Waals surface area contributed by atoms with E-state index in [9.17, 15) is 4.79 Å². The summed E-state index contributed by atoms with van der Waals surface area (Å²) in [4.78, 5) is 16.3. The van der Waals surface area contributed by atoms with Crippen LogP contribution in [-0.4, -0.2) is 35.8 Å². The summed E-state index contributed by atoms with van der Waals surface area (Å²) in [6.07, 6.45) is 2.09. The first kappa shape index (κ1) is 14.4. The predicted octanol–water partition coefficient (Wildman–Crippen LogP) is 1.74. The van der Waals surface area contributed by atoms with Gasteiger partial charge in [-0.25, -0.2) is 4.98 Å². The third kappa shape index (κ3) is 3.75. The van der Waals surface area contributed by atoms with Gasteiger partial charge in [0, 0.05) is 30.6 Å². The summed E-state index contributed by atoms with van der Waals surface area (Å²) in [5, 5.41) is 14.6. The highest BCUT2D eigenvalue weighted by Crippen LogP contribution is 2.30. The highest BCUT2D eigenvalue weighted by molar-refractivity contribution is 7.09. The summed E-state index contributed by atoms with van der Waals surface area (Å²) >= 11 is 1.47. The van der Waals surface area contributed by atoms with Crippen LogP contribution in [0.15, 0.2) is 5.38 Å². The van der Waals surface area contributed by atoms with Crippen molar-refractivity contribution in [3.8, 4) is 0 Å². The van der Waals surface area contributed by atoms with Gasteiger partial charge in [-0.05, 0) is 12.8 Å². The molecule has 1 saturated heterocycles. The molecule has 0 aliphatic carbocycles. The van der Waals surface area contributed by atoms with E-state index in [1.165, 1.54) is 11.3 Å². The summed E-state index contributed by atoms with van der Waals surface area (Å²) in [6, 6.07) is 0. The number of amides is 1. The lowest BCUT2D eigenvalue weighted by Crippen LogP contribution is -2.36. The molecule has 1 aromatic rings. The Morgan fingerprint density at radius 1 is 1.68 bits per heavy atom. The van der Waals surface area contributed by atoms with Gasteiger partial charge in [-0.1, -0.05) is 13.8 Å². The predicted molar refractivity (Wildman–Crippen MR) is 73.2 cm³/mol. The maximum absolute atomic E-state index is 11.9. The van der Waals surface area contributed by atoms with Gasteiger partial charge in [0.25, 0.3) is 5.91 Å². The van der Waals surface area contributed by atoms with Gasteiger partial charge in [0.05, 0.1) is 0 Å². The molecule has 6 heteroatoms. The topological polar surface area (TPSA) is 71.5 Å². The molecule has 1 aliphatic heterocycles. The van der Waals surface area contributed by atoms with Crippen molar-refractivity contribution >= 4 is 17.2 Å². The highest BCUT2D eigenvalue weighted by atomic mass is 32.1. The van der Waals surface area contributed by atoms with Gasteiger partial charge in [-0.15, -0.1) is 11.3 Å². The fourth-order valence-corrected chi connectivity index (χ4v) is 2.66. The van der Waals surface area contributed by atoms with Crippen LogP contribution >= 0.6 is 11.3 Å². The lowest BCUT2D eigenvalue weighted by atomic mass is 9.95. The zero-order chi connectivity index (χ0) is 13.9. The van der Waals surface area contributed by atoms with Crippen LogP contribution in [0.3, 0.4) is 0 Å². The molecule has 2 rings (SSSR count). The van der Waals surface area contributed by atoms with E-state index in [1.807, 2.05) is 13.8 Å². The standard InChI is InChI=1S/C13H20N2O3S/c1-13(2,8-16)7-14-11(17)9-6-19-12(15-9)10-4-3-5-18-10/h6,10,16H,3-5,7-8H2,1-2H3,(H,14,17). The van der Waals surface area contributed by atoms with Gasteiger partial charge in [-0.3, -0.25) is 4.79 Å². The third-order valence-corrected chi connectivity index (χ3v) is 4.05. The van der Waals surface area contributed by atoms with Crippen molar-refractivity contribution in [1.82, 2.24) is 10.3 Å². The van der Waals surface area contributed by atoms with Crippen molar-refractivity contribution in [1.29, 1.82) is 0 Å². The molecule has 0 radical (unpaired) electrons. The fraction of sp³-hybridized carbons (Fsp3) is 0.692. The van der Waals surface area contributed by atoms with Gasteiger partial charge in [0.2, 0.25) is 0 Å². The molecule has 1 aliphatic rings. The van der Waals surface area contributed by atoms with Crippen molar-refractivity contribution in [2.45, 2.75) is 32.8 Å². The molecule has 106 valence electrons. The second kappa shape index (κ2) is 5.98. The van der Waals surface area contributed by atoms with Crippen LogP contribution in [0.25, 0.3) is 0 Å². The van der Waals surface area contributed by atoms with Crippen LogP contribution in [-0.2, 0) is 4.74 Å². The molecule has 0 bridgehead atoms. The zero-order valence-corrected chi connectivity index (χ0v) is 12.1. The van der Waals surface area contributed by atoms with E-state index in [2.05, 4.69) is 10.3 Å². The Labute approximate surface area is 117 Å². The third-order valence-electron chi connectivity index (χ3n) is 3.12. The van der Waals surface area contributed by atoms with E-state index < -0.39 is 0 Å². The van der Waals surface area contributed by atoms with E-state index in [0.29, 0.717) is 12.2 Å². The van der Waals surface area contributed by atoms with Crippen molar-refractivity contribution in [3.05, 3.63) is 16.1 Å². The average molecular weight is 284 g/mol. The van der Waals surface area contributed by atoms with Crippen molar-refractivity contribution in [3.63, 3.8) is 0 Å². The summed E-state index contributed by atoms with van der Waals surface area (Å²) in [6.45, 7) is 5.02. The number of nitrogens with zero attached hydrogens (tertiary/aromatic N) is 1. The van der Waals surface area contributed by atoms with Crippen LogP contribution in [0.4, 0.5) is 0 Å². The number of aliphatic hydroxyl groups is 1. The molecule has 5 nitrogen and oxygen atoms in total. The molecule has 1 amide bonds. The maximum atomic E-state index is 11.9. The molecule has 0 spiro atoms. The van der Waals surface area contributed by atoms with Crippen LogP contribution in [0.2, 0.25) is 0 Å². The number of carbonyl (C=O) groups excluding carboxylic acids is 1. The van der Waals surface area contributed by atoms with Gasteiger partial charge in [0.15, 0.2) is 0 Å². The van der Waals surface area contributed by atoms with Gasteiger partial charge in [0.1, 0.15) is 16.8 Å². The molecule has 1 fully saturated rings. The molecular formula is C13H20N2O3S. The zero-order valence-electron chi connectivity index (χ0n) is 11.3. The van der Waals surface area contributed by atoms with Crippen LogP contribution in [0, 0.1) is 5.41 Å². The van der Waals surface area contributed by atoms with Crippen molar-refractivity contribution in [2.75, 3.05) is 19.8 Å². The highest BCUT2D eigenvalue weighted by Gasteiger charge is 2.23. The Morgan fingerprint density at radius 2 is 2.47 bits per heavy atom. The molecule has 1 atom stereocenters. The quantitative estimate of drug-likeness (QED) is 0.864. The van der Waals surface area contributed by atoms with E-state index in [4.69, 9.17) is 9.84 Å². The van der Waals surface area contributed by atoms with Gasteiger partial charge < -0.3 is 15.2 Å². The molecule has 2 heterocycles. The molecular weight excluding hydrogens is 264 g/mol. The van der Waals surface area contributed by atoms with E-state index in [1.54, 1.807) is 5.38 Å². The number of aromatic nitrogens is 1. The van der Waals surface area contributed by atoms with Crippen molar-refractivity contribution < 1.29 is 14.6 Å². The largest absolute Gasteiger partial charge is 0.396 e. The van der Waals surface area contributed by atoms with Crippen molar-refractivity contribution in [2.24, 2.45) is 5.41 Å². The number of hydrogen-bond acceptors (Lipinski definition) is 5. The minimum Gasteiger partial charge on any atom is -0.396 e. The molecule has 0 aromatic carbocycles. The Hall–Kier alpha value is -0.980. The minimum atomic E-state index is -0.316. The van der Waals surface area contributed by atoms with Crippen LogP contribution in [0.5, 0.6) is 0 Å². The summed E-state index contributed by atoms with van der Waals surface area (Å²) in [7, 11) is 0. The molecule has 1 aromatic heterocycles. The molecule has 2 N–H and O–H groups in total. The first-order valence-corrected chi connectivity index (χ1v) is 7.36. The SMILES string of the molecule is CC(C)(CO)CNC(=O)c1csc(C2CCCO2)n1. The van der Waals surface area contributed by atoms with Crippen LogP contribution in [0.1, 0.15) is 48.3 Å². The number of aliphatic hydroxyl groups excluding tert-OH is 1. The first-order chi connectivity index (χ1) is 9.02. The summed E-state index contributed by atoms with van der Waals surface area (Å²) < 4.78 is 5.55. The minimum absolute atomic E-state index is 0.0332. The number of rotatable bonds is 5. The number of carbonyl (C=O) groups is 1. The number of ether oxygens (including phenoxy) is 1. The molecule has 0 saturated carbocycles. The van der Waals surface area contributed by atoms with Crippen LogP contribution < -0.4 is 5.32 Å². The van der Waals surface area contributed by atoms with E-state index in [-0.39, 0.29) is 24.0 Å². The normalized spacial score (nSPS) is 19.6. The smallest absolute Gasteiger partial charge is 0.270 e. The maximum Gasteiger partial charge on any atom is 0.270 e. The second-order valence-corrected chi connectivity index (χ2v) is 6.47. The lowest BCUT2D eigenvalue weighted by molar-refractivity contribution is 0.0904. The Kier molecular flexibility index (Phi) is 4.54. The number of thiazole rings is 1. The Balaban J connectivity index is 1.92. The Morgan fingerprint density at radius 3 is 3.11 bits per heavy atom. The average Bonchev–Trinajstić information content (AvgIpc) is 3.05. The fourth-order valence-electron chi connectivity index (χ4n) is 1.78. The van der Waals surface area contributed by atoms with E-state index in [0.717, 1.165) is 24.5 Å².